The van der Waals surface area contributed by atoms with E-state index in [9.17, 15) is 14.9 Å². The van der Waals surface area contributed by atoms with Gasteiger partial charge in [-0.25, -0.2) is 0 Å². The number of nitrogens with zero attached hydrogens (tertiary/aromatic N) is 3. The number of nitriles is 1. The van der Waals surface area contributed by atoms with Crippen LogP contribution < -0.4 is 10.6 Å². The van der Waals surface area contributed by atoms with Crippen molar-refractivity contribution >= 4 is 23.1 Å². The highest BCUT2D eigenvalue weighted by Crippen LogP contribution is 2.41. The fourth-order valence-electron chi connectivity index (χ4n) is 5.36. The van der Waals surface area contributed by atoms with Crippen LogP contribution in [0.3, 0.4) is 0 Å². The topological polar surface area (TPSA) is 90.4 Å². The maximum atomic E-state index is 13.2. The Hall–Kier alpha value is -2.91. The molecule has 6 nitrogen and oxygen atoms in total. The Morgan fingerprint density at radius 1 is 1.13 bits per heavy atom. The van der Waals surface area contributed by atoms with Crippen molar-refractivity contribution in [1.82, 2.24) is 4.90 Å². The van der Waals surface area contributed by atoms with Crippen molar-refractivity contribution in [3.8, 4) is 6.07 Å². The Balaban J connectivity index is 1.49. The van der Waals surface area contributed by atoms with Gasteiger partial charge in [0.1, 0.15) is 0 Å². The van der Waals surface area contributed by atoms with Crippen molar-refractivity contribution in [2.24, 2.45) is 5.73 Å². The third-order valence-corrected chi connectivity index (χ3v) is 7.06. The van der Waals surface area contributed by atoms with Crippen LogP contribution in [0.1, 0.15) is 63.5 Å². The molecule has 4 rings (SSSR count). The van der Waals surface area contributed by atoms with E-state index < -0.39 is 5.91 Å². The SMILES string of the molecule is CC(C)=C1CCC(N2CCC(N3C(=O)C(=CC(N)=O)c4cc(C#N)ccc43)CC2)CC1. The first-order valence-corrected chi connectivity index (χ1v) is 11.2. The Bertz CT molecular complexity index is 995. The number of piperidine rings is 1. The second kappa shape index (κ2) is 8.68. The van der Waals surface area contributed by atoms with Crippen LogP contribution in [0.2, 0.25) is 0 Å². The van der Waals surface area contributed by atoms with Crippen molar-refractivity contribution in [1.29, 1.82) is 5.26 Å². The molecule has 1 aromatic carbocycles. The number of likely N-dealkylation sites (tertiary alicyclic amines) is 1. The summed E-state index contributed by atoms with van der Waals surface area (Å²) in [6.07, 6.45) is 7.85. The molecule has 0 atom stereocenters. The maximum absolute atomic E-state index is 13.2. The molecular weight excluding hydrogens is 388 g/mol. The van der Waals surface area contributed by atoms with Gasteiger partial charge in [-0.1, -0.05) is 11.1 Å². The Labute approximate surface area is 184 Å². The third-order valence-electron chi connectivity index (χ3n) is 7.06. The van der Waals surface area contributed by atoms with Gasteiger partial charge in [-0.15, -0.1) is 0 Å². The van der Waals surface area contributed by atoms with Gasteiger partial charge in [0.05, 0.1) is 22.9 Å². The lowest BCUT2D eigenvalue weighted by molar-refractivity contribution is -0.115. The summed E-state index contributed by atoms with van der Waals surface area (Å²) in [7, 11) is 0. The summed E-state index contributed by atoms with van der Waals surface area (Å²) in [4.78, 5) is 29.2. The fraction of sp³-hybridized carbons (Fsp3) is 0.480. The van der Waals surface area contributed by atoms with Gasteiger partial charge in [-0.05, 0) is 70.6 Å². The molecule has 31 heavy (non-hydrogen) atoms. The molecule has 1 aliphatic carbocycles. The molecule has 162 valence electrons. The normalized spacial score (nSPS) is 23.7. The Morgan fingerprint density at radius 3 is 2.39 bits per heavy atom. The van der Waals surface area contributed by atoms with E-state index in [2.05, 4.69) is 24.8 Å². The Morgan fingerprint density at radius 2 is 1.81 bits per heavy atom. The van der Waals surface area contributed by atoms with Crippen molar-refractivity contribution in [2.75, 3.05) is 18.0 Å². The van der Waals surface area contributed by atoms with E-state index in [1.807, 2.05) is 11.0 Å². The predicted octanol–water partition coefficient (Wildman–Crippen LogP) is 3.52. The molecule has 2 amide bonds. The summed E-state index contributed by atoms with van der Waals surface area (Å²) < 4.78 is 0. The largest absolute Gasteiger partial charge is 0.366 e. The van der Waals surface area contributed by atoms with E-state index in [0.29, 0.717) is 22.7 Å². The van der Waals surface area contributed by atoms with Crippen LogP contribution in [-0.4, -0.2) is 41.9 Å². The second-order valence-corrected chi connectivity index (χ2v) is 9.08. The van der Waals surface area contributed by atoms with Crippen molar-refractivity contribution in [2.45, 2.75) is 64.5 Å². The van der Waals surface area contributed by atoms with E-state index in [-0.39, 0.29) is 11.9 Å². The van der Waals surface area contributed by atoms with Gasteiger partial charge in [0.15, 0.2) is 0 Å². The van der Waals surface area contributed by atoms with E-state index in [0.717, 1.165) is 31.6 Å². The lowest BCUT2D eigenvalue weighted by Crippen LogP contribution is -2.49. The highest BCUT2D eigenvalue weighted by molar-refractivity contribution is 6.35. The summed E-state index contributed by atoms with van der Waals surface area (Å²) in [5.41, 5.74) is 10.6. The van der Waals surface area contributed by atoms with Crippen LogP contribution in [-0.2, 0) is 9.59 Å². The zero-order valence-corrected chi connectivity index (χ0v) is 18.4. The van der Waals surface area contributed by atoms with Gasteiger partial charge in [0.25, 0.3) is 5.91 Å². The smallest absolute Gasteiger partial charge is 0.259 e. The number of rotatable bonds is 3. The molecule has 0 bridgehead atoms. The van der Waals surface area contributed by atoms with Crippen molar-refractivity contribution < 1.29 is 9.59 Å². The molecule has 0 radical (unpaired) electrons. The zero-order valence-electron chi connectivity index (χ0n) is 18.4. The number of amides is 2. The molecule has 0 spiro atoms. The van der Waals surface area contributed by atoms with E-state index >= 15 is 0 Å². The Kier molecular flexibility index (Phi) is 5.97. The number of allylic oxidation sites excluding steroid dienone is 2. The van der Waals surface area contributed by atoms with Crippen molar-refractivity contribution in [3.63, 3.8) is 0 Å². The minimum Gasteiger partial charge on any atom is -0.366 e. The summed E-state index contributed by atoms with van der Waals surface area (Å²) in [6, 6.07) is 8.06. The fourth-order valence-corrected chi connectivity index (χ4v) is 5.36. The number of benzene rings is 1. The molecule has 2 aliphatic heterocycles. The summed E-state index contributed by atoms with van der Waals surface area (Å²) in [6.45, 7) is 6.38. The molecule has 2 fully saturated rings. The van der Waals surface area contributed by atoms with Crippen LogP contribution in [0, 0.1) is 11.3 Å². The first-order valence-electron chi connectivity index (χ1n) is 11.2. The third kappa shape index (κ3) is 4.15. The second-order valence-electron chi connectivity index (χ2n) is 9.08. The number of hydrogen-bond acceptors (Lipinski definition) is 4. The molecule has 1 saturated heterocycles. The maximum Gasteiger partial charge on any atom is 0.259 e. The molecular formula is C25H30N4O2. The first kappa shape index (κ1) is 21.3. The quantitative estimate of drug-likeness (QED) is 0.601. The van der Waals surface area contributed by atoms with Crippen LogP contribution in [0.15, 0.2) is 35.4 Å². The lowest BCUT2D eigenvalue weighted by Gasteiger charge is -2.42. The van der Waals surface area contributed by atoms with E-state index in [1.165, 1.54) is 37.3 Å². The van der Waals surface area contributed by atoms with Crippen LogP contribution in [0.4, 0.5) is 5.69 Å². The predicted molar refractivity (Wildman–Crippen MR) is 121 cm³/mol. The number of hydrogen-bond donors (Lipinski definition) is 1. The molecule has 2 heterocycles. The average molecular weight is 419 g/mol. The molecule has 1 saturated carbocycles. The van der Waals surface area contributed by atoms with Gasteiger partial charge < -0.3 is 15.5 Å². The molecule has 0 aromatic heterocycles. The number of nitrogens with two attached hydrogens (primary N) is 1. The van der Waals surface area contributed by atoms with Gasteiger partial charge >= 0.3 is 0 Å². The van der Waals surface area contributed by atoms with Crippen LogP contribution in [0.5, 0.6) is 0 Å². The van der Waals surface area contributed by atoms with E-state index in [1.54, 1.807) is 17.7 Å². The number of primary amides is 1. The van der Waals surface area contributed by atoms with E-state index in [4.69, 9.17) is 5.73 Å². The standard InChI is InChI=1S/C25H30N4O2/c1-16(2)18-4-6-19(7-5-18)28-11-9-20(10-12-28)29-23-8-3-17(15-26)13-21(23)22(25(29)31)14-24(27)30/h3,8,13-14,19-20H,4-7,9-12H2,1-2H3,(H2,27,30). The summed E-state index contributed by atoms with van der Waals surface area (Å²) in [5, 5.41) is 9.25. The molecule has 1 aromatic rings. The number of fused-ring (bicyclic) bond motifs is 1. The van der Waals surface area contributed by atoms with Gasteiger partial charge in [-0.3, -0.25) is 9.59 Å². The van der Waals surface area contributed by atoms with Crippen LogP contribution >= 0.6 is 0 Å². The lowest BCUT2D eigenvalue weighted by atomic mass is 9.86. The zero-order chi connectivity index (χ0) is 22.1. The van der Waals surface area contributed by atoms with Crippen molar-refractivity contribution in [3.05, 3.63) is 46.5 Å². The summed E-state index contributed by atoms with van der Waals surface area (Å²) in [5.74, 6) is -0.838. The molecule has 2 N–H and O–H groups in total. The number of carbonyl (C=O) groups excluding carboxylic acids is 2. The summed E-state index contributed by atoms with van der Waals surface area (Å²) >= 11 is 0. The van der Waals surface area contributed by atoms with Crippen LogP contribution in [0.25, 0.3) is 5.57 Å². The minimum absolute atomic E-state index is 0.0890. The average Bonchev–Trinajstić information content (AvgIpc) is 3.04. The highest BCUT2D eigenvalue weighted by Gasteiger charge is 2.39. The molecule has 3 aliphatic rings. The van der Waals surface area contributed by atoms with Gasteiger partial charge in [-0.2, -0.15) is 5.26 Å². The van der Waals surface area contributed by atoms with Gasteiger partial charge in [0, 0.05) is 36.8 Å². The molecule has 6 heteroatoms. The number of anilines is 1. The first-order chi connectivity index (χ1) is 14.9. The molecule has 0 unspecified atom stereocenters. The minimum atomic E-state index is -0.652. The number of carbonyl (C=O) groups is 2. The highest BCUT2D eigenvalue weighted by atomic mass is 16.2. The monoisotopic (exact) mass is 418 g/mol. The van der Waals surface area contributed by atoms with Gasteiger partial charge in [0.2, 0.25) is 5.91 Å².